The van der Waals surface area contributed by atoms with Crippen LogP contribution in [0, 0.1) is 17.3 Å². The van der Waals surface area contributed by atoms with Gasteiger partial charge in [-0.05, 0) is 19.3 Å². The molecule has 1 spiro atoms. The minimum absolute atomic E-state index is 0.0187. The van der Waals surface area contributed by atoms with Gasteiger partial charge < -0.3 is 26.2 Å². The molecule has 3 fully saturated rings. The average molecular weight is 432 g/mol. The number of esters is 1. The average Bonchev–Trinajstić information content (AvgIpc) is 3.38. The number of carbonyl (C=O) groups excluding carboxylic acids is 1. The van der Waals surface area contributed by atoms with Crippen molar-refractivity contribution in [2.75, 3.05) is 13.2 Å². The van der Waals surface area contributed by atoms with Gasteiger partial charge in [0.05, 0.1) is 13.2 Å². The Morgan fingerprint density at radius 2 is 1.97 bits per heavy atom. The number of ether oxygens (including phenoxy) is 1. The van der Waals surface area contributed by atoms with Gasteiger partial charge in [0.1, 0.15) is 18.2 Å². The van der Waals surface area contributed by atoms with Gasteiger partial charge in [0.15, 0.2) is 17.0 Å². The van der Waals surface area contributed by atoms with Crippen molar-refractivity contribution in [1.82, 2.24) is 9.96 Å². The molecule has 6 N–H and O–H groups in total. The third-order valence-corrected chi connectivity index (χ3v) is 7.45. The van der Waals surface area contributed by atoms with Crippen LogP contribution in [-0.2, 0) is 9.53 Å². The van der Waals surface area contributed by atoms with Crippen LogP contribution in [0.4, 0.5) is 13.2 Å². The maximum atomic E-state index is 13.5. The van der Waals surface area contributed by atoms with Gasteiger partial charge in [-0.3, -0.25) is 10.0 Å². The number of halogens is 3. The number of rotatable bonds is 3. The molecule has 166 valence electrons. The summed E-state index contributed by atoms with van der Waals surface area (Å²) in [4.78, 5) is 22.5. The Labute approximate surface area is 169 Å². The van der Waals surface area contributed by atoms with Gasteiger partial charge in [-0.25, -0.2) is 9.98 Å². The van der Waals surface area contributed by atoms with E-state index in [0.29, 0.717) is 12.8 Å². The fourth-order valence-corrected chi connectivity index (χ4v) is 5.63. The van der Waals surface area contributed by atoms with Gasteiger partial charge in [-0.1, -0.05) is 6.42 Å². The summed E-state index contributed by atoms with van der Waals surface area (Å²) in [5, 5.41) is 21.3. The molecule has 30 heavy (non-hydrogen) atoms. The van der Waals surface area contributed by atoms with Crippen molar-refractivity contribution in [3.05, 3.63) is 0 Å². The van der Waals surface area contributed by atoms with E-state index in [4.69, 9.17) is 16.2 Å². The maximum Gasteiger partial charge on any atom is 0.404 e. The van der Waals surface area contributed by atoms with E-state index in [-0.39, 0.29) is 49.7 Å². The maximum absolute atomic E-state index is 13.5. The zero-order valence-electron chi connectivity index (χ0n) is 15.9. The standard InChI is InChI=1S/C17H23F3N6O4/c18-17(19,20)15(2-1-3-15)12(28)30-10-5-25-13(21)23-9(6-27)11-16(25,8-4-7(8)10)26(29)14(22)24-11/h7-11,27,29H,1-6H2,(H2,21,23)(H2,22,24)/t7?,8?,9-,10-,11?,16?/m0/s1. The molecule has 1 saturated heterocycles. The number of aliphatic hydroxyl groups is 1. The highest BCUT2D eigenvalue weighted by atomic mass is 19.4. The van der Waals surface area contributed by atoms with Crippen molar-refractivity contribution in [2.24, 2.45) is 38.7 Å². The second-order valence-electron chi connectivity index (χ2n) is 8.76. The first kappa shape index (κ1) is 19.7. The summed E-state index contributed by atoms with van der Waals surface area (Å²) >= 11 is 0. The summed E-state index contributed by atoms with van der Waals surface area (Å²) in [6, 6.07) is -1.43. The van der Waals surface area contributed by atoms with Crippen LogP contribution < -0.4 is 11.5 Å². The van der Waals surface area contributed by atoms with E-state index in [9.17, 15) is 28.3 Å². The zero-order chi connectivity index (χ0) is 21.6. The van der Waals surface area contributed by atoms with Crippen LogP contribution in [-0.4, -0.2) is 81.3 Å². The second-order valence-corrected chi connectivity index (χ2v) is 8.76. The normalized spacial score (nSPS) is 41.0. The summed E-state index contributed by atoms with van der Waals surface area (Å²) in [5.74, 6) is -2.03. The van der Waals surface area contributed by atoms with Gasteiger partial charge in [0.2, 0.25) is 5.96 Å². The zero-order valence-corrected chi connectivity index (χ0v) is 15.9. The molecule has 13 heteroatoms. The molecule has 10 nitrogen and oxygen atoms in total. The van der Waals surface area contributed by atoms with Crippen molar-refractivity contribution in [1.29, 1.82) is 0 Å². The van der Waals surface area contributed by atoms with E-state index >= 15 is 0 Å². The number of hydrogen-bond acceptors (Lipinski definition) is 10. The number of alkyl halides is 3. The summed E-state index contributed by atoms with van der Waals surface area (Å²) in [6.07, 6.45) is -5.24. The fourth-order valence-electron chi connectivity index (χ4n) is 5.63. The SMILES string of the molecule is NC1=NC2[C@H](CO)N=C(N)N3C[C@H](OC(=O)C4(C(F)(F)F)CCC4)C4CC4C23N1O. The van der Waals surface area contributed by atoms with Crippen molar-refractivity contribution < 1.29 is 33.0 Å². The van der Waals surface area contributed by atoms with Gasteiger partial charge in [-0.15, -0.1) is 0 Å². The Balaban J connectivity index is 1.44. The molecule has 2 saturated carbocycles. The molecule has 3 heterocycles. The van der Waals surface area contributed by atoms with Gasteiger partial charge >= 0.3 is 12.1 Å². The Morgan fingerprint density at radius 3 is 2.53 bits per heavy atom. The minimum atomic E-state index is -4.66. The van der Waals surface area contributed by atoms with Crippen LogP contribution >= 0.6 is 0 Å². The lowest BCUT2D eigenvalue weighted by Crippen LogP contribution is -2.76. The molecule has 0 aromatic heterocycles. The number of aliphatic hydroxyl groups excluding tert-OH is 1. The molecular weight excluding hydrogens is 409 g/mol. The third-order valence-electron chi connectivity index (χ3n) is 7.45. The van der Waals surface area contributed by atoms with E-state index in [0.717, 1.165) is 5.06 Å². The number of nitrogens with two attached hydrogens (primary N) is 2. The quantitative estimate of drug-likeness (QED) is 0.430. The fraction of sp³-hybridized carbons (Fsp3) is 0.824. The predicted octanol–water partition coefficient (Wildman–Crippen LogP) is -0.644. The van der Waals surface area contributed by atoms with Crippen LogP contribution in [0.15, 0.2) is 9.98 Å². The summed E-state index contributed by atoms with van der Waals surface area (Å²) in [6.45, 7) is -0.417. The molecular formula is C17H23F3N6O4. The van der Waals surface area contributed by atoms with Crippen LogP contribution in [0.25, 0.3) is 0 Å². The summed E-state index contributed by atoms with van der Waals surface area (Å²) in [5.41, 5.74) is 8.30. The molecule has 3 aliphatic heterocycles. The van der Waals surface area contributed by atoms with Crippen LogP contribution in [0.3, 0.4) is 0 Å². The molecule has 6 atom stereocenters. The number of fused-ring (bicyclic) bond motifs is 1. The monoisotopic (exact) mass is 432 g/mol. The van der Waals surface area contributed by atoms with E-state index in [1.807, 2.05) is 0 Å². The Kier molecular flexibility index (Phi) is 3.87. The van der Waals surface area contributed by atoms with Gasteiger partial charge in [0, 0.05) is 11.8 Å². The van der Waals surface area contributed by atoms with Crippen LogP contribution in [0.1, 0.15) is 25.7 Å². The van der Waals surface area contributed by atoms with Crippen molar-refractivity contribution in [3.8, 4) is 0 Å². The number of guanidine groups is 2. The Hall–Kier alpha value is -2.28. The highest BCUT2D eigenvalue weighted by Gasteiger charge is 2.74. The predicted molar refractivity (Wildman–Crippen MR) is 94.8 cm³/mol. The van der Waals surface area contributed by atoms with E-state index in [1.54, 1.807) is 0 Å². The topological polar surface area (TPSA) is 150 Å². The van der Waals surface area contributed by atoms with Crippen molar-refractivity contribution >= 4 is 17.9 Å². The number of carbonyl (C=O) groups is 1. The van der Waals surface area contributed by atoms with Gasteiger partial charge in [0.25, 0.3) is 0 Å². The summed E-state index contributed by atoms with van der Waals surface area (Å²) in [7, 11) is 0. The lowest BCUT2D eigenvalue weighted by molar-refractivity contribution is -0.260. The molecule has 2 aliphatic carbocycles. The van der Waals surface area contributed by atoms with Crippen LogP contribution in [0.5, 0.6) is 0 Å². The number of piperidine rings is 1. The number of aliphatic imine (C=N–C) groups is 2. The van der Waals surface area contributed by atoms with Crippen molar-refractivity contribution in [3.63, 3.8) is 0 Å². The minimum Gasteiger partial charge on any atom is -0.460 e. The molecule has 0 aromatic rings. The van der Waals surface area contributed by atoms with E-state index < -0.39 is 41.4 Å². The van der Waals surface area contributed by atoms with E-state index in [2.05, 4.69) is 9.98 Å². The number of hydrogen-bond donors (Lipinski definition) is 4. The van der Waals surface area contributed by atoms with E-state index in [1.165, 1.54) is 4.90 Å². The highest BCUT2D eigenvalue weighted by Crippen LogP contribution is 2.61. The molecule has 5 rings (SSSR count). The lowest BCUT2D eigenvalue weighted by atomic mass is 9.68. The number of nitrogens with zero attached hydrogens (tertiary/aromatic N) is 4. The first-order valence-electron chi connectivity index (χ1n) is 9.90. The lowest BCUT2D eigenvalue weighted by Gasteiger charge is -2.55. The Morgan fingerprint density at radius 1 is 1.27 bits per heavy atom. The van der Waals surface area contributed by atoms with Gasteiger partial charge in [-0.2, -0.15) is 18.2 Å². The molecule has 0 bridgehead atoms. The highest BCUT2D eigenvalue weighted by molar-refractivity contribution is 5.86. The second kappa shape index (κ2) is 5.90. The van der Waals surface area contributed by atoms with Crippen LogP contribution in [0.2, 0.25) is 0 Å². The molecule has 0 aromatic carbocycles. The van der Waals surface area contributed by atoms with Crippen molar-refractivity contribution in [2.45, 2.75) is 55.7 Å². The smallest absolute Gasteiger partial charge is 0.404 e. The Bertz CT molecular complexity index is 846. The molecule has 5 aliphatic rings. The molecule has 0 amide bonds. The molecule has 4 unspecified atom stereocenters. The first-order valence-corrected chi connectivity index (χ1v) is 9.90. The first-order chi connectivity index (χ1) is 14.1. The largest absolute Gasteiger partial charge is 0.460 e. The third kappa shape index (κ3) is 2.19. The molecule has 0 radical (unpaired) electrons. The number of hydroxylamine groups is 2. The summed E-state index contributed by atoms with van der Waals surface area (Å²) < 4.78 is 45.9.